The fourth-order valence-electron chi connectivity index (χ4n) is 1.42. The van der Waals surface area contributed by atoms with Crippen LogP contribution in [-0.2, 0) is 0 Å². The van der Waals surface area contributed by atoms with Crippen LogP contribution in [0.3, 0.4) is 0 Å². The Kier molecular flexibility index (Phi) is 6.48. The van der Waals surface area contributed by atoms with Crippen LogP contribution in [0.4, 0.5) is 5.69 Å². The number of rotatable bonds is 5. The first-order chi connectivity index (χ1) is 7.56. The lowest BCUT2D eigenvalue weighted by molar-refractivity contribution is -0.385. The number of nitro benzene ring substituents is 1. The van der Waals surface area contributed by atoms with Gasteiger partial charge in [-0.25, -0.2) is 0 Å². The van der Waals surface area contributed by atoms with Gasteiger partial charge in [0, 0.05) is 12.1 Å². The van der Waals surface area contributed by atoms with Gasteiger partial charge in [0.05, 0.1) is 4.92 Å². The standard InChI is InChI=1S/C10H15N3O3.ClH/c11-5-1-2-8(12)7-3-4-10(14)9(6-7)13(15)16;/h3-4,6,8,14H,1-2,5,11-12H2;1H/t8-;/m1./s1. The maximum atomic E-state index is 10.6. The summed E-state index contributed by atoms with van der Waals surface area (Å²) in [6, 6.07) is 3.89. The van der Waals surface area contributed by atoms with E-state index in [1.165, 1.54) is 12.1 Å². The zero-order valence-electron chi connectivity index (χ0n) is 9.20. The van der Waals surface area contributed by atoms with Gasteiger partial charge in [-0.2, -0.15) is 0 Å². The molecule has 7 heteroatoms. The Balaban J connectivity index is 0.00000256. The second-order valence-corrected chi connectivity index (χ2v) is 3.54. The number of halogens is 1. The SMILES string of the molecule is Cl.NCCC[C@@H](N)c1ccc(O)c([N+](=O)[O-])c1. The van der Waals surface area contributed by atoms with E-state index in [-0.39, 0.29) is 29.9 Å². The van der Waals surface area contributed by atoms with Crippen molar-refractivity contribution in [2.75, 3.05) is 6.54 Å². The third-order valence-electron chi connectivity index (χ3n) is 2.34. The van der Waals surface area contributed by atoms with E-state index >= 15 is 0 Å². The average Bonchev–Trinajstić information content (AvgIpc) is 2.26. The van der Waals surface area contributed by atoms with E-state index in [0.29, 0.717) is 18.5 Å². The highest BCUT2D eigenvalue weighted by atomic mass is 35.5. The van der Waals surface area contributed by atoms with Crippen molar-refractivity contribution >= 4 is 18.1 Å². The molecule has 1 atom stereocenters. The van der Waals surface area contributed by atoms with E-state index in [4.69, 9.17) is 11.5 Å². The minimum Gasteiger partial charge on any atom is -0.502 e. The fourth-order valence-corrected chi connectivity index (χ4v) is 1.42. The minimum atomic E-state index is -0.630. The Morgan fingerprint density at radius 1 is 1.47 bits per heavy atom. The number of benzene rings is 1. The molecule has 0 spiro atoms. The molecule has 1 aromatic rings. The molecule has 1 aromatic carbocycles. The van der Waals surface area contributed by atoms with Crippen LogP contribution >= 0.6 is 12.4 Å². The Labute approximate surface area is 105 Å². The highest BCUT2D eigenvalue weighted by molar-refractivity contribution is 5.85. The number of aromatic hydroxyl groups is 1. The zero-order valence-corrected chi connectivity index (χ0v) is 10.0. The van der Waals surface area contributed by atoms with E-state index in [0.717, 1.165) is 6.42 Å². The molecule has 0 bridgehead atoms. The summed E-state index contributed by atoms with van der Waals surface area (Å²) in [7, 11) is 0. The highest BCUT2D eigenvalue weighted by Crippen LogP contribution is 2.29. The first-order valence-electron chi connectivity index (χ1n) is 4.99. The summed E-state index contributed by atoms with van der Waals surface area (Å²) in [6.07, 6.45) is 1.42. The highest BCUT2D eigenvalue weighted by Gasteiger charge is 2.16. The maximum Gasteiger partial charge on any atom is 0.311 e. The van der Waals surface area contributed by atoms with Gasteiger partial charge in [0.25, 0.3) is 0 Å². The lowest BCUT2D eigenvalue weighted by Crippen LogP contribution is -2.12. The number of nitrogens with zero attached hydrogens (tertiary/aromatic N) is 1. The predicted octanol–water partition coefficient (Wildman–Crippen LogP) is 1.46. The van der Waals surface area contributed by atoms with E-state index in [1.54, 1.807) is 6.07 Å². The topological polar surface area (TPSA) is 115 Å². The molecule has 0 radical (unpaired) electrons. The summed E-state index contributed by atoms with van der Waals surface area (Å²) < 4.78 is 0. The molecule has 96 valence electrons. The number of phenolic OH excluding ortho intramolecular Hbond substituents is 1. The number of hydrogen-bond acceptors (Lipinski definition) is 5. The van der Waals surface area contributed by atoms with E-state index < -0.39 is 4.92 Å². The number of phenols is 1. The zero-order chi connectivity index (χ0) is 12.1. The lowest BCUT2D eigenvalue weighted by Gasteiger charge is -2.11. The summed E-state index contributed by atoms with van der Waals surface area (Å²) in [5.41, 5.74) is 11.5. The van der Waals surface area contributed by atoms with Gasteiger partial charge in [0.1, 0.15) is 0 Å². The van der Waals surface area contributed by atoms with E-state index in [1.807, 2.05) is 0 Å². The molecule has 0 saturated heterocycles. The summed E-state index contributed by atoms with van der Waals surface area (Å²) in [5, 5.41) is 19.9. The molecule has 0 fully saturated rings. The van der Waals surface area contributed by atoms with Crippen LogP contribution in [0, 0.1) is 10.1 Å². The van der Waals surface area contributed by atoms with Gasteiger partial charge in [0.15, 0.2) is 5.75 Å². The largest absolute Gasteiger partial charge is 0.502 e. The van der Waals surface area contributed by atoms with Gasteiger partial charge in [0.2, 0.25) is 0 Å². The monoisotopic (exact) mass is 261 g/mol. The molecule has 6 nitrogen and oxygen atoms in total. The third-order valence-corrected chi connectivity index (χ3v) is 2.34. The molecule has 0 aromatic heterocycles. The van der Waals surface area contributed by atoms with Gasteiger partial charge >= 0.3 is 5.69 Å². The van der Waals surface area contributed by atoms with Gasteiger partial charge in [-0.3, -0.25) is 10.1 Å². The van der Waals surface area contributed by atoms with E-state index in [2.05, 4.69) is 0 Å². The van der Waals surface area contributed by atoms with Gasteiger partial charge in [-0.05, 0) is 31.0 Å². The number of nitrogens with two attached hydrogens (primary N) is 2. The van der Waals surface area contributed by atoms with Crippen molar-refractivity contribution in [2.45, 2.75) is 18.9 Å². The summed E-state index contributed by atoms with van der Waals surface area (Å²) >= 11 is 0. The second kappa shape index (κ2) is 7.05. The molecule has 17 heavy (non-hydrogen) atoms. The quantitative estimate of drug-likeness (QED) is 0.548. The lowest BCUT2D eigenvalue weighted by atomic mass is 10.0. The molecular weight excluding hydrogens is 246 g/mol. The molecule has 0 heterocycles. The van der Waals surface area contributed by atoms with E-state index in [9.17, 15) is 15.2 Å². The average molecular weight is 262 g/mol. The first kappa shape index (κ1) is 15.6. The summed E-state index contributed by atoms with van der Waals surface area (Å²) in [4.78, 5) is 9.96. The van der Waals surface area contributed by atoms with Crippen LogP contribution in [0.15, 0.2) is 18.2 Å². The Hall–Kier alpha value is -1.37. The Bertz CT molecular complexity index is 387. The summed E-state index contributed by atoms with van der Waals surface area (Å²) in [6.45, 7) is 0.536. The molecular formula is C10H16ClN3O3. The van der Waals surface area contributed by atoms with Gasteiger partial charge in [-0.1, -0.05) is 6.07 Å². The molecule has 0 unspecified atom stereocenters. The van der Waals surface area contributed by atoms with Crippen LogP contribution in [0.1, 0.15) is 24.4 Å². The Morgan fingerprint density at radius 3 is 2.65 bits per heavy atom. The molecule has 5 N–H and O–H groups in total. The molecule has 0 saturated carbocycles. The van der Waals surface area contributed by atoms with Crippen molar-refractivity contribution in [3.63, 3.8) is 0 Å². The van der Waals surface area contributed by atoms with Crippen molar-refractivity contribution in [2.24, 2.45) is 11.5 Å². The molecule has 1 rings (SSSR count). The fraction of sp³-hybridized carbons (Fsp3) is 0.400. The molecule has 0 amide bonds. The molecule has 0 aliphatic rings. The van der Waals surface area contributed by atoms with Crippen molar-refractivity contribution in [1.29, 1.82) is 0 Å². The molecule has 0 aliphatic heterocycles. The van der Waals surface area contributed by atoms with Crippen LogP contribution in [0.25, 0.3) is 0 Å². The van der Waals surface area contributed by atoms with Crippen molar-refractivity contribution < 1.29 is 10.0 Å². The summed E-state index contributed by atoms with van der Waals surface area (Å²) in [5.74, 6) is -0.347. The van der Waals surface area contributed by atoms with Crippen LogP contribution in [0.2, 0.25) is 0 Å². The van der Waals surface area contributed by atoms with Crippen LogP contribution < -0.4 is 11.5 Å². The van der Waals surface area contributed by atoms with Crippen LogP contribution in [0.5, 0.6) is 5.75 Å². The van der Waals surface area contributed by atoms with Gasteiger partial charge < -0.3 is 16.6 Å². The number of nitro groups is 1. The van der Waals surface area contributed by atoms with Gasteiger partial charge in [-0.15, -0.1) is 12.4 Å². The minimum absolute atomic E-state index is 0. The maximum absolute atomic E-state index is 10.6. The Morgan fingerprint density at radius 2 is 2.12 bits per heavy atom. The molecule has 0 aliphatic carbocycles. The normalized spacial score (nSPS) is 11.6. The predicted molar refractivity (Wildman–Crippen MR) is 67.2 cm³/mol. The van der Waals surface area contributed by atoms with Crippen molar-refractivity contribution in [3.8, 4) is 5.75 Å². The van der Waals surface area contributed by atoms with Crippen LogP contribution in [-0.4, -0.2) is 16.6 Å². The van der Waals surface area contributed by atoms with Crippen molar-refractivity contribution in [1.82, 2.24) is 0 Å². The first-order valence-corrected chi connectivity index (χ1v) is 4.99. The second-order valence-electron chi connectivity index (χ2n) is 3.54. The third kappa shape index (κ3) is 4.18. The van der Waals surface area contributed by atoms with Crippen molar-refractivity contribution in [3.05, 3.63) is 33.9 Å². The smallest absolute Gasteiger partial charge is 0.311 e. The number of hydrogen-bond donors (Lipinski definition) is 3.